The highest BCUT2D eigenvalue weighted by Gasteiger charge is 2.07. The van der Waals surface area contributed by atoms with Gasteiger partial charge in [0.05, 0.1) is 22.3 Å². The van der Waals surface area contributed by atoms with E-state index >= 15 is 0 Å². The zero-order chi connectivity index (χ0) is 17.8. The molecule has 2 heterocycles. The van der Waals surface area contributed by atoms with Crippen LogP contribution < -0.4 is 10.1 Å². The number of rotatable bonds is 6. The Bertz CT molecular complexity index is 1060. The smallest absolute Gasteiger partial charge is 0.251 e. The first-order valence-corrected chi connectivity index (χ1v) is 9.27. The molecule has 0 aliphatic rings. The molecular formula is C20H17N3O2S. The van der Waals surface area contributed by atoms with Gasteiger partial charge in [0, 0.05) is 23.7 Å². The fraction of sp³-hybridized carbons (Fsp3) is 0.150. The maximum absolute atomic E-state index is 12.2. The van der Waals surface area contributed by atoms with Crippen molar-refractivity contribution in [2.24, 2.45) is 0 Å². The van der Waals surface area contributed by atoms with Gasteiger partial charge in [-0.15, -0.1) is 11.3 Å². The van der Waals surface area contributed by atoms with Gasteiger partial charge >= 0.3 is 0 Å². The van der Waals surface area contributed by atoms with E-state index in [9.17, 15) is 4.79 Å². The molecule has 6 heteroatoms. The molecule has 130 valence electrons. The minimum atomic E-state index is -0.0767. The fourth-order valence-electron chi connectivity index (χ4n) is 2.75. The van der Waals surface area contributed by atoms with Gasteiger partial charge in [0.25, 0.3) is 5.91 Å². The second kappa shape index (κ2) is 7.49. The van der Waals surface area contributed by atoms with E-state index in [1.807, 2.05) is 42.5 Å². The van der Waals surface area contributed by atoms with E-state index in [2.05, 4.69) is 15.3 Å². The van der Waals surface area contributed by atoms with Gasteiger partial charge in [-0.2, -0.15) is 0 Å². The zero-order valence-electron chi connectivity index (χ0n) is 14.0. The lowest BCUT2D eigenvalue weighted by molar-refractivity contribution is 0.0951. The molecule has 0 radical (unpaired) electrons. The Kier molecular flexibility index (Phi) is 4.75. The summed E-state index contributed by atoms with van der Waals surface area (Å²) in [4.78, 5) is 20.8. The molecule has 0 aliphatic heterocycles. The van der Waals surface area contributed by atoms with Gasteiger partial charge < -0.3 is 10.1 Å². The van der Waals surface area contributed by atoms with Crippen molar-refractivity contribution in [3.05, 3.63) is 65.8 Å². The number of para-hydroxylation sites is 1. The van der Waals surface area contributed by atoms with Crippen LogP contribution >= 0.6 is 11.3 Å². The van der Waals surface area contributed by atoms with Crippen molar-refractivity contribution in [3.63, 3.8) is 0 Å². The summed E-state index contributed by atoms with van der Waals surface area (Å²) in [6.07, 6.45) is 2.48. The van der Waals surface area contributed by atoms with E-state index in [1.54, 1.807) is 17.8 Å². The molecule has 0 aliphatic carbocycles. The van der Waals surface area contributed by atoms with Crippen LogP contribution in [-0.4, -0.2) is 29.0 Å². The summed E-state index contributed by atoms with van der Waals surface area (Å²) in [6, 6.07) is 15.3. The molecule has 1 amide bonds. The molecule has 0 bridgehead atoms. The minimum absolute atomic E-state index is 0.0767. The minimum Gasteiger partial charge on any atom is -0.491 e. The summed E-state index contributed by atoms with van der Waals surface area (Å²) in [7, 11) is 0. The summed E-state index contributed by atoms with van der Waals surface area (Å²) < 4.78 is 6.85. The number of hydrogen-bond acceptors (Lipinski definition) is 5. The first-order valence-electron chi connectivity index (χ1n) is 8.39. The second-order valence-corrected chi connectivity index (χ2v) is 6.71. The number of carbonyl (C=O) groups excluding carboxylic acids is 1. The van der Waals surface area contributed by atoms with Crippen LogP contribution in [0, 0.1) is 0 Å². The van der Waals surface area contributed by atoms with Crippen molar-refractivity contribution in [2.45, 2.75) is 6.42 Å². The molecule has 4 aromatic rings. The van der Waals surface area contributed by atoms with Gasteiger partial charge in [-0.25, -0.2) is 4.98 Å². The molecule has 0 unspecified atom stereocenters. The Morgan fingerprint density at radius 1 is 1.12 bits per heavy atom. The lowest BCUT2D eigenvalue weighted by Gasteiger charge is -2.09. The second-order valence-electron chi connectivity index (χ2n) is 5.82. The number of nitrogens with one attached hydrogen (secondary N) is 1. The largest absolute Gasteiger partial charge is 0.491 e. The first kappa shape index (κ1) is 16.5. The van der Waals surface area contributed by atoms with Gasteiger partial charge in [0.15, 0.2) is 0 Å². The number of pyridine rings is 1. The van der Waals surface area contributed by atoms with Crippen molar-refractivity contribution < 1.29 is 9.53 Å². The van der Waals surface area contributed by atoms with Gasteiger partial charge in [-0.3, -0.25) is 9.78 Å². The molecular weight excluding hydrogens is 346 g/mol. The van der Waals surface area contributed by atoms with Crippen molar-refractivity contribution >= 4 is 38.4 Å². The van der Waals surface area contributed by atoms with Crippen LogP contribution in [0.3, 0.4) is 0 Å². The maximum Gasteiger partial charge on any atom is 0.251 e. The van der Waals surface area contributed by atoms with Gasteiger partial charge in [-0.1, -0.05) is 18.2 Å². The SMILES string of the molecule is O=C(NCCCOc1cccc2cccnc12)c1ccc2ncsc2c1. The predicted octanol–water partition coefficient (Wildman–Crippen LogP) is 4.04. The van der Waals surface area contributed by atoms with Crippen molar-refractivity contribution in [3.8, 4) is 5.75 Å². The number of ether oxygens (including phenoxy) is 1. The molecule has 0 atom stereocenters. The lowest BCUT2D eigenvalue weighted by atomic mass is 10.2. The predicted molar refractivity (Wildman–Crippen MR) is 104 cm³/mol. The Morgan fingerprint density at radius 3 is 3.00 bits per heavy atom. The van der Waals surface area contributed by atoms with E-state index in [1.165, 1.54) is 11.3 Å². The van der Waals surface area contributed by atoms with Crippen LogP contribution in [0.5, 0.6) is 5.75 Å². The van der Waals surface area contributed by atoms with E-state index in [-0.39, 0.29) is 5.91 Å². The van der Waals surface area contributed by atoms with Gasteiger partial charge in [0.2, 0.25) is 0 Å². The Hall–Kier alpha value is -2.99. The number of aromatic nitrogens is 2. The van der Waals surface area contributed by atoms with Crippen LogP contribution in [0.4, 0.5) is 0 Å². The van der Waals surface area contributed by atoms with E-state index in [0.717, 1.165) is 33.3 Å². The molecule has 0 fully saturated rings. The average Bonchev–Trinajstić information content (AvgIpc) is 3.15. The molecule has 5 nitrogen and oxygen atoms in total. The molecule has 0 saturated carbocycles. The normalized spacial score (nSPS) is 10.9. The topological polar surface area (TPSA) is 64.1 Å². The third kappa shape index (κ3) is 3.50. The summed E-state index contributed by atoms with van der Waals surface area (Å²) in [5, 5.41) is 3.98. The van der Waals surface area contributed by atoms with Crippen LogP contribution in [0.15, 0.2) is 60.2 Å². The quantitative estimate of drug-likeness (QED) is 0.525. The van der Waals surface area contributed by atoms with Gasteiger partial charge in [-0.05, 0) is 36.8 Å². The van der Waals surface area contributed by atoms with Crippen LogP contribution in [0.2, 0.25) is 0 Å². The maximum atomic E-state index is 12.2. The summed E-state index contributed by atoms with van der Waals surface area (Å²) in [6.45, 7) is 1.07. The molecule has 4 rings (SSSR count). The highest BCUT2D eigenvalue weighted by Crippen LogP contribution is 2.23. The van der Waals surface area contributed by atoms with Gasteiger partial charge in [0.1, 0.15) is 11.3 Å². The Labute approximate surface area is 154 Å². The number of amides is 1. The fourth-order valence-corrected chi connectivity index (χ4v) is 3.46. The number of hydrogen-bond donors (Lipinski definition) is 1. The molecule has 0 spiro atoms. The van der Waals surface area contributed by atoms with Crippen molar-refractivity contribution in [2.75, 3.05) is 13.2 Å². The summed E-state index contributed by atoms with van der Waals surface area (Å²) in [5.74, 6) is 0.692. The molecule has 0 saturated heterocycles. The number of thiazole rings is 1. The zero-order valence-corrected chi connectivity index (χ0v) is 14.8. The van der Waals surface area contributed by atoms with Crippen molar-refractivity contribution in [1.29, 1.82) is 0 Å². The Morgan fingerprint density at radius 2 is 2.04 bits per heavy atom. The number of nitrogens with zero attached hydrogens (tertiary/aromatic N) is 2. The lowest BCUT2D eigenvalue weighted by Crippen LogP contribution is -2.25. The third-order valence-corrected chi connectivity index (χ3v) is 4.85. The average molecular weight is 363 g/mol. The molecule has 26 heavy (non-hydrogen) atoms. The first-order chi connectivity index (χ1) is 12.8. The van der Waals surface area contributed by atoms with E-state index in [0.29, 0.717) is 18.7 Å². The third-order valence-electron chi connectivity index (χ3n) is 4.05. The highest BCUT2D eigenvalue weighted by atomic mass is 32.1. The number of benzene rings is 2. The van der Waals surface area contributed by atoms with Crippen molar-refractivity contribution in [1.82, 2.24) is 15.3 Å². The van der Waals surface area contributed by atoms with Crippen LogP contribution in [0.25, 0.3) is 21.1 Å². The number of fused-ring (bicyclic) bond motifs is 2. The highest BCUT2D eigenvalue weighted by molar-refractivity contribution is 7.16. The standard InChI is InChI=1S/C20H17N3O2S/c24-20(15-7-8-16-18(12-15)26-13-23-16)22-10-3-11-25-17-6-1-4-14-5-2-9-21-19(14)17/h1-2,4-9,12-13H,3,10-11H2,(H,22,24). The molecule has 2 aromatic carbocycles. The van der Waals surface area contributed by atoms with E-state index < -0.39 is 0 Å². The number of carbonyl (C=O) groups is 1. The Balaban J connectivity index is 1.29. The van der Waals surface area contributed by atoms with E-state index in [4.69, 9.17) is 4.74 Å². The monoisotopic (exact) mass is 363 g/mol. The van der Waals surface area contributed by atoms with Crippen LogP contribution in [-0.2, 0) is 0 Å². The molecule has 2 aromatic heterocycles. The summed E-state index contributed by atoms with van der Waals surface area (Å²) in [5.41, 5.74) is 4.22. The molecule has 1 N–H and O–H groups in total. The summed E-state index contributed by atoms with van der Waals surface area (Å²) >= 11 is 1.53. The van der Waals surface area contributed by atoms with Crippen LogP contribution in [0.1, 0.15) is 16.8 Å².